The molecule has 2 aromatic heterocycles. The largest absolute Gasteiger partial charge is 0.306 e. The predicted octanol–water partition coefficient (Wildman–Crippen LogP) is 4.42. The quantitative estimate of drug-likeness (QED) is 0.846. The van der Waals surface area contributed by atoms with Crippen LogP contribution in [-0.4, -0.2) is 11.5 Å². The molecule has 21 heavy (non-hydrogen) atoms. The van der Waals surface area contributed by atoms with E-state index in [1.54, 1.807) is 10.4 Å². The second kappa shape index (κ2) is 6.71. The molecule has 0 aliphatic heterocycles. The Balaban J connectivity index is 1.94. The minimum Gasteiger partial charge on any atom is -0.306 e. The molecule has 2 heterocycles. The van der Waals surface area contributed by atoms with Crippen LogP contribution >= 0.6 is 11.3 Å². The Hall–Kier alpha value is -1.19. The first-order valence-electron chi connectivity index (χ1n) is 8.04. The minimum absolute atomic E-state index is 0.291. The van der Waals surface area contributed by atoms with Crippen molar-refractivity contribution in [3.63, 3.8) is 0 Å². The topological polar surface area (TPSA) is 24.9 Å². The number of pyridine rings is 1. The molecule has 2 aromatic rings. The van der Waals surface area contributed by atoms with Gasteiger partial charge in [-0.15, -0.1) is 11.3 Å². The SMILES string of the molecule is CCNC(c1cncc(C)c1)c1cc2c(s1)CCCCC2. The van der Waals surface area contributed by atoms with Crippen LogP contribution in [-0.2, 0) is 12.8 Å². The molecule has 1 atom stereocenters. The first-order valence-corrected chi connectivity index (χ1v) is 8.86. The number of hydrogen-bond acceptors (Lipinski definition) is 3. The summed E-state index contributed by atoms with van der Waals surface area (Å²) in [6.07, 6.45) is 10.5. The fourth-order valence-electron chi connectivity index (χ4n) is 3.16. The normalized spacial score (nSPS) is 16.3. The van der Waals surface area contributed by atoms with Crippen molar-refractivity contribution < 1.29 is 0 Å². The Morgan fingerprint density at radius 3 is 2.86 bits per heavy atom. The summed E-state index contributed by atoms with van der Waals surface area (Å²) in [4.78, 5) is 7.45. The summed E-state index contributed by atoms with van der Waals surface area (Å²) in [5, 5.41) is 3.64. The summed E-state index contributed by atoms with van der Waals surface area (Å²) >= 11 is 2.01. The molecule has 1 aliphatic rings. The van der Waals surface area contributed by atoms with Crippen LogP contribution in [0.5, 0.6) is 0 Å². The monoisotopic (exact) mass is 300 g/mol. The Labute approximate surface area is 131 Å². The van der Waals surface area contributed by atoms with Crippen molar-refractivity contribution in [1.82, 2.24) is 10.3 Å². The predicted molar refractivity (Wildman–Crippen MR) is 90.1 cm³/mol. The molecule has 0 bridgehead atoms. The van der Waals surface area contributed by atoms with E-state index in [-0.39, 0.29) is 0 Å². The van der Waals surface area contributed by atoms with Crippen LogP contribution in [0.25, 0.3) is 0 Å². The number of rotatable bonds is 4. The first-order chi connectivity index (χ1) is 10.3. The molecule has 3 rings (SSSR count). The van der Waals surface area contributed by atoms with Crippen molar-refractivity contribution in [2.24, 2.45) is 0 Å². The van der Waals surface area contributed by atoms with Gasteiger partial charge >= 0.3 is 0 Å². The molecule has 0 saturated carbocycles. The van der Waals surface area contributed by atoms with Gasteiger partial charge in [0.1, 0.15) is 0 Å². The van der Waals surface area contributed by atoms with E-state index < -0.39 is 0 Å². The van der Waals surface area contributed by atoms with E-state index >= 15 is 0 Å². The van der Waals surface area contributed by atoms with Crippen LogP contribution < -0.4 is 5.32 Å². The van der Waals surface area contributed by atoms with Crippen molar-refractivity contribution >= 4 is 11.3 Å². The van der Waals surface area contributed by atoms with Crippen LogP contribution in [0.15, 0.2) is 24.5 Å². The molecule has 3 heteroatoms. The minimum atomic E-state index is 0.291. The summed E-state index contributed by atoms with van der Waals surface area (Å²) in [7, 11) is 0. The van der Waals surface area contributed by atoms with E-state index in [0.29, 0.717) is 6.04 Å². The molecule has 0 amide bonds. The van der Waals surface area contributed by atoms with Gasteiger partial charge in [0.2, 0.25) is 0 Å². The molecule has 0 aromatic carbocycles. The van der Waals surface area contributed by atoms with Gasteiger partial charge in [-0.1, -0.05) is 19.4 Å². The highest BCUT2D eigenvalue weighted by Gasteiger charge is 2.19. The van der Waals surface area contributed by atoms with Crippen LogP contribution in [0.3, 0.4) is 0 Å². The zero-order valence-electron chi connectivity index (χ0n) is 13.0. The molecular weight excluding hydrogens is 276 g/mol. The molecule has 0 spiro atoms. The van der Waals surface area contributed by atoms with Crippen molar-refractivity contribution in [3.05, 3.63) is 51.0 Å². The zero-order valence-corrected chi connectivity index (χ0v) is 13.8. The summed E-state index contributed by atoms with van der Waals surface area (Å²) in [6, 6.07) is 4.99. The lowest BCUT2D eigenvalue weighted by Crippen LogP contribution is -2.21. The van der Waals surface area contributed by atoms with Gasteiger partial charge in [0, 0.05) is 22.1 Å². The molecule has 1 unspecified atom stereocenters. The van der Waals surface area contributed by atoms with E-state index in [1.165, 1.54) is 48.1 Å². The van der Waals surface area contributed by atoms with Crippen molar-refractivity contribution in [1.29, 1.82) is 0 Å². The van der Waals surface area contributed by atoms with Gasteiger partial charge in [0.15, 0.2) is 0 Å². The average molecular weight is 300 g/mol. The third-order valence-corrected chi connectivity index (χ3v) is 5.49. The molecule has 0 radical (unpaired) electrons. The highest BCUT2D eigenvalue weighted by molar-refractivity contribution is 7.12. The van der Waals surface area contributed by atoms with Gasteiger partial charge in [-0.05, 0) is 61.9 Å². The van der Waals surface area contributed by atoms with E-state index in [2.05, 4.69) is 36.3 Å². The molecule has 0 fully saturated rings. The number of aromatic nitrogens is 1. The van der Waals surface area contributed by atoms with Crippen LogP contribution in [0.2, 0.25) is 0 Å². The molecule has 2 nitrogen and oxygen atoms in total. The van der Waals surface area contributed by atoms with E-state index in [4.69, 9.17) is 0 Å². The van der Waals surface area contributed by atoms with E-state index in [0.717, 1.165) is 6.54 Å². The maximum atomic E-state index is 4.37. The molecular formula is C18H24N2S. The van der Waals surface area contributed by atoms with Crippen LogP contribution in [0, 0.1) is 6.92 Å². The summed E-state index contributed by atoms with van der Waals surface area (Å²) < 4.78 is 0. The van der Waals surface area contributed by atoms with Crippen molar-refractivity contribution in [2.75, 3.05) is 6.54 Å². The van der Waals surface area contributed by atoms with Gasteiger partial charge in [0.25, 0.3) is 0 Å². The maximum Gasteiger partial charge on any atom is 0.0686 e. The molecule has 0 saturated heterocycles. The van der Waals surface area contributed by atoms with Gasteiger partial charge < -0.3 is 5.32 Å². The summed E-state index contributed by atoms with van der Waals surface area (Å²) in [5.74, 6) is 0. The fraction of sp³-hybridized carbons (Fsp3) is 0.500. The van der Waals surface area contributed by atoms with Crippen LogP contribution in [0.1, 0.15) is 58.7 Å². The Bertz CT molecular complexity index is 580. The summed E-state index contributed by atoms with van der Waals surface area (Å²) in [6.45, 7) is 5.26. The Morgan fingerprint density at radius 1 is 1.19 bits per heavy atom. The average Bonchev–Trinajstić information content (AvgIpc) is 2.75. The third-order valence-electron chi connectivity index (χ3n) is 4.19. The van der Waals surface area contributed by atoms with Gasteiger partial charge in [-0.3, -0.25) is 4.98 Å². The van der Waals surface area contributed by atoms with E-state index in [9.17, 15) is 0 Å². The lowest BCUT2D eigenvalue weighted by atomic mass is 10.0. The second-order valence-corrected chi connectivity index (χ2v) is 7.11. The lowest BCUT2D eigenvalue weighted by Gasteiger charge is -2.17. The molecule has 112 valence electrons. The highest BCUT2D eigenvalue weighted by Crippen LogP contribution is 2.34. The molecule has 1 N–H and O–H groups in total. The maximum absolute atomic E-state index is 4.37. The number of nitrogens with zero attached hydrogens (tertiary/aromatic N) is 1. The zero-order chi connectivity index (χ0) is 14.7. The Morgan fingerprint density at radius 2 is 2.05 bits per heavy atom. The summed E-state index contributed by atoms with van der Waals surface area (Å²) in [5.41, 5.74) is 4.11. The Kier molecular flexibility index (Phi) is 4.71. The number of fused-ring (bicyclic) bond motifs is 1. The fourth-order valence-corrected chi connectivity index (χ4v) is 4.52. The second-order valence-electron chi connectivity index (χ2n) is 5.94. The lowest BCUT2D eigenvalue weighted by molar-refractivity contribution is 0.636. The van der Waals surface area contributed by atoms with E-state index in [1.807, 2.05) is 23.7 Å². The number of aryl methyl sites for hydroxylation is 3. The number of hydrogen-bond donors (Lipinski definition) is 1. The third kappa shape index (κ3) is 3.35. The standard InChI is InChI=1S/C18H24N2S/c1-3-20-18(15-9-13(2)11-19-12-15)17-10-14-7-5-4-6-8-16(14)21-17/h9-12,18,20H,3-8H2,1-2H3. The number of nitrogens with one attached hydrogen (secondary N) is 1. The highest BCUT2D eigenvalue weighted by atomic mass is 32.1. The smallest absolute Gasteiger partial charge is 0.0686 e. The van der Waals surface area contributed by atoms with Crippen LogP contribution in [0.4, 0.5) is 0 Å². The molecule has 1 aliphatic carbocycles. The van der Waals surface area contributed by atoms with Crippen molar-refractivity contribution in [2.45, 2.75) is 52.0 Å². The van der Waals surface area contributed by atoms with Gasteiger partial charge in [-0.2, -0.15) is 0 Å². The van der Waals surface area contributed by atoms with Gasteiger partial charge in [0.05, 0.1) is 6.04 Å². The van der Waals surface area contributed by atoms with Gasteiger partial charge in [-0.25, -0.2) is 0 Å². The van der Waals surface area contributed by atoms with Crippen molar-refractivity contribution in [3.8, 4) is 0 Å². The first kappa shape index (κ1) is 14.7. The number of thiophene rings is 1.